The predicted molar refractivity (Wildman–Crippen MR) is 73.7 cm³/mol. The van der Waals surface area contributed by atoms with Crippen LogP contribution >= 0.6 is 0 Å². The Hall–Kier alpha value is -2.94. The van der Waals surface area contributed by atoms with Crippen LogP contribution in [0.5, 0.6) is 5.75 Å². The highest BCUT2D eigenvalue weighted by molar-refractivity contribution is 6.00. The maximum atomic E-state index is 13.3. The zero-order valence-corrected chi connectivity index (χ0v) is 11.2. The minimum absolute atomic E-state index is 0.0614. The number of pyridine rings is 1. The summed E-state index contributed by atoms with van der Waals surface area (Å²) in [5.74, 6) is -0.232. The highest BCUT2D eigenvalue weighted by Crippen LogP contribution is 2.22. The molecule has 2 rings (SSSR count). The molecule has 2 aromatic rings. The smallest absolute Gasteiger partial charge is 0.147 e. The Morgan fingerprint density at radius 1 is 1.48 bits per heavy atom. The lowest BCUT2D eigenvalue weighted by atomic mass is 10.1. The fourth-order valence-electron chi connectivity index (χ4n) is 1.78. The third kappa shape index (κ3) is 3.34. The average molecular weight is 285 g/mol. The quantitative estimate of drug-likeness (QED) is 0.532. The van der Waals surface area contributed by atoms with E-state index in [1.165, 1.54) is 24.4 Å². The normalized spacial score (nSPS) is 11.0. The number of nitrogens with zero attached hydrogens (tertiary/aromatic N) is 3. The molecule has 0 aliphatic rings. The van der Waals surface area contributed by atoms with Crippen molar-refractivity contribution in [3.63, 3.8) is 0 Å². The van der Waals surface area contributed by atoms with E-state index < -0.39 is 5.82 Å². The number of halogens is 1. The molecule has 1 N–H and O–H groups in total. The molecule has 0 atom stereocenters. The van der Waals surface area contributed by atoms with Gasteiger partial charge < -0.3 is 9.94 Å². The zero-order valence-electron chi connectivity index (χ0n) is 11.2. The van der Waals surface area contributed by atoms with Crippen molar-refractivity contribution in [2.45, 2.75) is 13.5 Å². The maximum Gasteiger partial charge on any atom is 0.147 e. The topological polar surface area (TPSA) is 78.5 Å². The Labute approximate surface area is 120 Å². The molecule has 0 aliphatic heterocycles. The van der Waals surface area contributed by atoms with Crippen LogP contribution in [-0.4, -0.2) is 15.9 Å². The summed E-state index contributed by atoms with van der Waals surface area (Å²) >= 11 is 0. The van der Waals surface area contributed by atoms with Crippen LogP contribution in [0.25, 0.3) is 0 Å². The summed E-state index contributed by atoms with van der Waals surface area (Å²) in [6, 6.07) is 9.27. The molecule has 6 heteroatoms. The first kappa shape index (κ1) is 14.5. The molecule has 0 radical (unpaired) electrons. The van der Waals surface area contributed by atoms with Gasteiger partial charge in [0.15, 0.2) is 0 Å². The number of aromatic nitrogens is 1. The van der Waals surface area contributed by atoms with Crippen LogP contribution in [-0.2, 0) is 6.61 Å². The van der Waals surface area contributed by atoms with Gasteiger partial charge in [-0.05, 0) is 25.1 Å². The van der Waals surface area contributed by atoms with Crippen molar-refractivity contribution in [2.24, 2.45) is 5.16 Å². The Bertz CT molecular complexity index is 723. The number of oxime groups is 1. The molecule has 0 aliphatic carbocycles. The van der Waals surface area contributed by atoms with E-state index in [2.05, 4.69) is 10.1 Å². The fourth-order valence-corrected chi connectivity index (χ4v) is 1.78. The van der Waals surface area contributed by atoms with Gasteiger partial charge in [-0.3, -0.25) is 0 Å². The summed E-state index contributed by atoms with van der Waals surface area (Å²) in [4.78, 5) is 3.92. The zero-order chi connectivity index (χ0) is 15.2. The van der Waals surface area contributed by atoms with Crippen molar-refractivity contribution in [1.29, 1.82) is 5.26 Å². The minimum Gasteiger partial charge on any atom is -0.488 e. The van der Waals surface area contributed by atoms with E-state index >= 15 is 0 Å². The fraction of sp³-hybridized carbons (Fsp3) is 0.133. The van der Waals surface area contributed by atoms with Gasteiger partial charge in [-0.2, -0.15) is 5.26 Å². The summed E-state index contributed by atoms with van der Waals surface area (Å²) in [6.07, 6.45) is 1.51. The van der Waals surface area contributed by atoms with E-state index in [-0.39, 0.29) is 18.1 Å². The molecule has 1 aromatic carbocycles. The molecule has 0 unspecified atom stereocenters. The van der Waals surface area contributed by atoms with Gasteiger partial charge >= 0.3 is 0 Å². The van der Waals surface area contributed by atoms with Gasteiger partial charge in [0.1, 0.15) is 29.9 Å². The molecular weight excluding hydrogens is 273 g/mol. The van der Waals surface area contributed by atoms with Gasteiger partial charge in [-0.15, -0.1) is 0 Å². The number of hydrogen-bond acceptors (Lipinski definition) is 5. The number of hydrogen-bond donors (Lipinski definition) is 1. The van der Waals surface area contributed by atoms with Crippen LogP contribution in [0.3, 0.4) is 0 Å². The van der Waals surface area contributed by atoms with Crippen LogP contribution in [0.1, 0.15) is 23.7 Å². The molecule has 106 valence electrons. The molecule has 21 heavy (non-hydrogen) atoms. The molecule has 0 saturated carbocycles. The van der Waals surface area contributed by atoms with Gasteiger partial charge in [0, 0.05) is 23.4 Å². The van der Waals surface area contributed by atoms with E-state index in [1.807, 2.05) is 6.07 Å². The van der Waals surface area contributed by atoms with Gasteiger partial charge in [-0.1, -0.05) is 11.2 Å². The molecule has 0 bridgehead atoms. The van der Waals surface area contributed by atoms with Crippen LogP contribution in [0.4, 0.5) is 4.39 Å². The predicted octanol–water partition coefficient (Wildman–Crippen LogP) is 2.87. The monoisotopic (exact) mass is 285 g/mol. The Morgan fingerprint density at radius 2 is 2.29 bits per heavy atom. The van der Waals surface area contributed by atoms with Gasteiger partial charge in [0.2, 0.25) is 0 Å². The number of benzene rings is 1. The summed E-state index contributed by atoms with van der Waals surface area (Å²) in [6.45, 7) is 1.64. The molecular formula is C15H12FN3O2. The van der Waals surface area contributed by atoms with Crippen molar-refractivity contribution in [2.75, 3.05) is 0 Å². The highest BCUT2D eigenvalue weighted by atomic mass is 19.1. The van der Waals surface area contributed by atoms with Crippen LogP contribution in [0.2, 0.25) is 0 Å². The summed E-state index contributed by atoms with van der Waals surface area (Å²) < 4.78 is 18.9. The number of rotatable bonds is 4. The lowest BCUT2D eigenvalue weighted by molar-refractivity contribution is 0.301. The largest absolute Gasteiger partial charge is 0.488 e. The molecule has 1 heterocycles. The second kappa shape index (κ2) is 6.48. The molecule has 1 aromatic heterocycles. The number of ether oxygens (including phenoxy) is 1. The molecule has 0 spiro atoms. The van der Waals surface area contributed by atoms with Gasteiger partial charge in [0.25, 0.3) is 0 Å². The molecule has 0 saturated heterocycles. The van der Waals surface area contributed by atoms with Crippen molar-refractivity contribution >= 4 is 5.71 Å². The lowest BCUT2D eigenvalue weighted by Crippen LogP contribution is -2.05. The van der Waals surface area contributed by atoms with E-state index in [1.54, 1.807) is 19.1 Å². The SMILES string of the molecule is CC(=NO)c1ccc(F)cc1OCc1cccnc1C#N. The second-order valence-electron chi connectivity index (χ2n) is 4.24. The molecule has 5 nitrogen and oxygen atoms in total. The van der Waals surface area contributed by atoms with Crippen LogP contribution < -0.4 is 4.74 Å². The van der Waals surface area contributed by atoms with Crippen LogP contribution in [0, 0.1) is 17.1 Å². The summed E-state index contributed by atoms with van der Waals surface area (Å²) in [7, 11) is 0. The number of nitriles is 1. The highest BCUT2D eigenvalue weighted by Gasteiger charge is 2.10. The van der Waals surface area contributed by atoms with Crippen molar-refractivity contribution < 1.29 is 14.3 Å². The van der Waals surface area contributed by atoms with E-state index in [4.69, 9.17) is 15.2 Å². The van der Waals surface area contributed by atoms with Crippen LogP contribution in [0.15, 0.2) is 41.7 Å². The first-order valence-corrected chi connectivity index (χ1v) is 6.11. The minimum atomic E-state index is -0.466. The third-order valence-electron chi connectivity index (χ3n) is 2.86. The standard InChI is InChI=1S/C15H12FN3O2/c1-10(19-20)13-5-4-12(16)7-15(13)21-9-11-3-2-6-18-14(11)8-17/h2-7,20H,9H2,1H3. The van der Waals surface area contributed by atoms with E-state index in [0.29, 0.717) is 16.8 Å². The van der Waals surface area contributed by atoms with Crippen molar-refractivity contribution in [3.05, 3.63) is 59.2 Å². The molecule has 0 amide bonds. The maximum absolute atomic E-state index is 13.3. The first-order valence-electron chi connectivity index (χ1n) is 6.11. The van der Waals surface area contributed by atoms with Crippen molar-refractivity contribution in [1.82, 2.24) is 4.98 Å². The van der Waals surface area contributed by atoms with Gasteiger partial charge in [0.05, 0.1) is 5.71 Å². The average Bonchev–Trinajstić information content (AvgIpc) is 2.52. The lowest BCUT2D eigenvalue weighted by Gasteiger charge is -2.11. The van der Waals surface area contributed by atoms with E-state index in [9.17, 15) is 4.39 Å². The third-order valence-corrected chi connectivity index (χ3v) is 2.86. The second-order valence-corrected chi connectivity index (χ2v) is 4.24. The van der Waals surface area contributed by atoms with E-state index in [0.717, 1.165) is 0 Å². The Morgan fingerprint density at radius 3 is 3.00 bits per heavy atom. The summed E-state index contributed by atoms with van der Waals surface area (Å²) in [5, 5.41) is 20.9. The van der Waals surface area contributed by atoms with Crippen molar-refractivity contribution in [3.8, 4) is 11.8 Å². The van der Waals surface area contributed by atoms with Gasteiger partial charge in [-0.25, -0.2) is 9.37 Å². The summed E-state index contributed by atoms with van der Waals surface area (Å²) in [5.41, 5.74) is 1.62. The molecule has 0 fully saturated rings. The first-order chi connectivity index (χ1) is 10.2. The Balaban J connectivity index is 2.28. The Kier molecular flexibility index (Phi) is 4.46.